The lowest BCUT2D eigenvalue weighted by molar-refractivity contribution is 0.0757. The first-order chi connectivity index (χ1) is 13.1. The van der Waals surface area contributed by atoms with Crippen LogP contribution in [0.3, 0.4) is 0 Å². The lowest BCUT2D eigenvalue weighted by atomic mass is 9.96. The Balaban J connectivity index is 2.22. The number of benzene rings is 2. The Morgan fingerprint density at radius 3 is 2.19 bits per heavy atom. The van der Waals surface area contributed by atoms with E-state index in [2.05, 4.69) is 45.0 Å². The predicted molar refractivity (Wildman–Crippen MR) is 113 cm³/mol. The number of nitrogens with zero attached hydrogens (tertiary/aromatic N) is 2. The van der Waals surface area contributed by atoms with Gasteiger partial charge >= 0.3 is 0 Å². The van der Waals surface area contributed by atoms with Gasteiger partial charge in [0.25, 0.3) is 5.91 Å². The molecule has 1 heterocycles. The first-order valence-corrected chi connectivity index (χ1v) is 9.82. The number of hydrogen-bond donors (Lipinski definition) is 0. The van der Waals surface area contributed by atoms with Gasteiger partial charge in [-0.05, 0) is 38.3 Å². The topological polar surface area (TPSA) is 33.2 Å². The maximum Gasteiger partial charge on any atom is 0.254 e. The number of fused-ring (bicyclic) bond motifs is 1. The van der Waals surface area contributed by atoms with Gasteiger partial charge in [-0.1, -0.05) is 61.9 Å². The second kappa shape index (κ2) is 8.34. The van der Waals surface area contributed by atoms with Crippen LogP contribution in [-0.2, 0) is 0 Å². The molecule has 1 aromatic heterocycles. The van der Waals surface area contributed by atoms with Gasteiger partial charge in [-0.15, -0.1) is 0 Å². The molecule has 0 fully saturated rings. The molecule has 3 rings (SSSR count). The second-order valence-corrected chi connectivity index (χ2v) is 7.14. The summed E-state index contributed by atoms with van der Waals surface area (Å²) >= 11 is 0. The molecule has 0 radical (unpaired) electrons. The van der Waals surface area contributed by atoms with Crippen molar-refractivity contribution in [2.45, 2.75) is 40.5 Å². The fourth-order valence-electron chi connectivity index (χ4n) is 3.59. The maximum atomic E-state index is 13.5. The maximum absolute atomic E-state index is 13.5. The average Bonchev–Trinajstić information content (AvgIpc) is 2.68. The molecular formula is C24H28N2O. The lowest BCUT2D eigenvalue weighted by Crippen LogP contribution is -2.33. The molecule has 0 aliphatic carbocycles. The van der Waals surface area contributed by atoms with Crippen molar-refractivity contribution in [2.75, 3.05) is 13.1 Å². The van der Waals surface area contributed by atoms with Crippen molar-refractivity contribution in [3.8, 4) is 11.3 Å². The molecule has 140 valence electrons. The minimum Gasteiger partial charge on any atom is -0.339 e. The minimum absolute atomic E-state index is 0.114. The van der Waals surface area contributed by atoms with Crippen molar-refractivity contribution in [1.82, 2.24) is 9.88 Å². The van der Waals surface area contributed by atoms with Crippen LogP contribution in [0.2, 0.25) is 0 Å². The highest BCUT2D eigenvalue weighted by atomic mass is 16.2. The molecule has 3 heteroatoms. The summed E-state index contributed by atoms with van der Waals surface area (Å²) in [5.74, 6) is 0.114. The molecule has 0 spiro atoms. The monoisotopic (exact) mass is 360 g/mol. The van der Waals surface area contributed by atoms with Crippen LogP contribution in [0.5, 0.6) is 0 Å². The Bertz CT molecular complexity index is 939. The van der Waals surface area contributed by atoms with Crippen LogP contribution in [0.1, 0.15) is 48.2 Å². The summed E-state index contributed by atoms with van der Waals surface area (Å²) in [6, 6.07) is 16.3. The molecule has 27 heavy (non-hydrogen) atoms. The van der Waals surface area contributed by atoms with E-state index in [4.69, 9.17) is 4.98 Å². The standard InChI is InChI=1S/C24H28N2O/c1-5-15-26(16-6-2)24(27)22-18(4)23(19-13-11-17(3)12-14-19)25-21-10-8-7-9-20(21)22/h7-14H,5-6,15-16H2,1-4H3. The van der Waals surface area contributed by atoms with Crippen molar-refractivity contribution in [3.63, 3.8) is 0 Å². The van der Waals surface area contributed by atoms with E-state index in [1.54, 1.807) is 0 Å². The molecular weight excluding hydrogens is 332 g/mol. The van der Waals surface area contributed by atoms with Crippen LogP contribution in [0.25, 0.3) is 22.2 Å². The number of rotatable bonds is 6. The highest BCUT2D eigenvalue weighted by Crippen LogP contribution is 2.30. The normalized spacial score (nSPS) is 11.0. The fourth-order valence-corrected chi connectivity index (χ4v) is 3.59. The molecule has 0 atom stereocenters. The van der Waals surface area contributed by atoms with E-state index in [1.807, 2.05) is 36.1 Å². The summed E-state index contributed by atoms with van der Waals surface area (Å²) in [5, 5.41) is 0.938. The third kappa shape index (κ3) is 3.87. The van der Waals surface area contributed by atoms with Crippen molar-refractivity contribution in [2.24, 2.45) is 0 Å². The van der Waals surface area contributed by atoms with Crippen LogP contribution >= 0.6 is 0 Å². The van der Waals surface area contributed by atoms with Crippen LogP contribution in [-0.4, -0.2) is 28.9 Å². The average molecular weight is 361 g/mol. The van der Waals surface area contributed by atoms with Gasteiger partial charge in [-0.25, -0.2) is 4.98 Å². The Hall–Kier alpha value is -2.68. The predicted octanol–water partition coefficient (Wildman–Crippen LogP) is 5.78. The van der Waals surface area contributed by atoms with Gasteiger partial charge < -0.3 is 4.90 Å². The molecule has 0 saturated heterocycles. The number of carbonyl (C=O) groups excluding carboxylic acids is 1. The molecule has 1 amide bonds. The number of carbonyl (C=O) groups is 1. The SMILES string of the molecule is CCCN(CCC)C(=O)c1c(C)c(-c2ccc(C)cc2)nc2ccccc12. The number of amides is 1. The molecule has 0 aliphatic heterocycles. The van der Waals surface area contributed by atoms with Gasteiger partial charge in [0.15, 0.2) is 0 Å². The van der Waals surface area contributed by atoms with E-state index in [0.717, 1.165) is 59.2 Å². The van der Waals surface area contributed by atoms with Crippen molar-refractivity contribution in [3.05, 3.63) is 65.2 Å². The van der Waals surface area contributed by atoms with Crippen LogP contribution in [0.4, 0.5) is 0 Å². The summed E-state index contributed by atoms with van der Waals surface area (Å²) < 4.78 is 0. The number of aryl methyl sites for hydroxylation is 1. The number of aromatic nitrogens is 1. The summed E-state index contributed by atoms with van der Waals surface area (Å²) in [5.41, 5.74) is 5.78. The Labute approximate surface area is 162 Å². The van der Waals surface area contributed by atoms with E-state index in [0.29, 0.717) is 0 Å². The third-order valence-electron chi connectivity index (χ3n) is 4.95. The molecule has 3 nitrogen and oxygen atoms in total. The molecule has 0 saturated carbocycles. The molecule has 0 N–H and O–H groups in total. The van der Waals surface area contributed by atoms with E-state index < -0.39 is 0 Å². The summed E-state index contributed by atoms with van der Waals surface area (Å²) in [4.78, 5) is 20.4. The first-order valence-electron chi connectivity index (χ1n) is 9.82. The van der Waals surface area contributed by atoms with Gasteiger partial charge in [0.05, 0.1) is 16.8 Å². The zero-order chi connectivity index (χ0) is 19.4. The van der Waals surface area contributed by atoms with E-state index >= 15 is 0 Å². The zero-order valence-corrected chi connectivity index (χ0v) is 16.7. The van der Waals surface area contributed by atoms with Crippen molar-refractivity contribution in [1.29, 1.82) is 0 Å². The summed E-state index contributed by atoms with van der Waals surface area (Å²) in [6.45, 7) is 9.90. The quantitative estimate of drug-likeness (QED) is 0.558. The second-order valence-electron chi connectivity index (χ2n) is 7.14. The van der Waals surface area contributed by atoms with E-state index in [-0.39, 0.29) is 5.91 Å². The molecule has 0 unspecified atom stereocenters. The molecule has 3 aromatic rings. The fraction of sp³-hybridized carbons (Fsp3) is 0.333. The third-order valence-corrected chi connectivity index (χ3v) is 4.95. The van der Waals surface area contributed by atoms with Gasteiger partial charge in [0, 0.05) is 24.0 Å². The van der Waals surface area contributed by atoms with Gasteiger partial charge in [0.1, 0.15) is 0 Å². The summed E-state index contributed by atoms with van der Waals surface area (Å²) in [6.07, 6.45) is 1.91. The molecule has 0 aliphatic rings. The first kappa shape index (κ1) is 19.1. The Morgan fingerprint density at radius 2 is 1.56 bits per heavy atom. The minimum atomic E-state index is 0.114. The van der Waals surface area contributed by atoms with E-state index in [1.165, 1.54) is 5.56 Å². The van der Waals surface area contributed by atoms with Crippen molar-refractivity contribution < 1.29 is 4.79 Å². The number of pyridine rings is 1. The summed E-state index contributed by atoms with van der Waals surface area (Å²) in [7, 11) is 0. The van der Waals surface area contributed by atoms with E-state index in [9.17, 15) is 4.79 Å². The Kier molecular flexibility index (Phi) is 5.90. The number of para-hydroxylation sites is 1. The van der Waals surface area contributed by atoms with Gasteiger partial charge in [-0.2, -0.15) is 0 Å². The smallest absolute Gasteiger partial charge is 0.254 e. The van der Waals surface area contributed by atoms with Crippen LogP contribution < -0.4 is 0 Å². The molecule has 0 bridgehead atoms. The molecule has 2 aromatic carbocycles. The zero-order valence-electron chi connectivity index (χ0n) is 16.7. The van der Waals surface area contributed by atoms with Crippen molar-refractivity contribution >= 4 is 16.8 Å². The Morgan fingerprint density at radius 1 is 0.926 bits per heavy atom. The van der Waals surface area contributed by atoms with Crippen LogP contribution in [0.15, 0.2) is 48.5 Å². The van der Waals surface area contributed by atoms with Crippen LogP contribution in [0, 0.1) is 13.8 Å². The number of hydrogen-bond acceptors (Lipinski definition) is 2. The van der Waals surface area contributed by atoms with Gasteiger partial charge in [0.2, 0.25) is 0 Å². The largest absolute Gasteiger partial charge is 0.339 e. The lowest BCUT2D eigenvalue weighted by Gasteiger charge is -2.24. The highest BCUT2D eigenvalue weighted by Gasteiger charge is 2.22. The highest BCUT2D eigenvalue weighted by molar-refractivity contribution is 6.08. The van der Waals surface area contributed by atoms with Gasteiger partial charge in [-0.3, -0.25) is 4.79 Å².